The SMILES string of the molecule is CC(C)N(CC(=O)O)CC(=O)N(c1ccccc1)C(C)C. The molecule has 0 aliphatic carbocycles. The maximum Gasteiger partial charge on any atom is 0.317 e. The lowest BCUT2D eigenvalue weighted by Gasteiger charge is -2.31. The first-order valence-electron chi connectivity index (χ1n) is 7.16. The number of nitrogens with zero attached hydrogens (tertiary/aromatic N) is 2. The van der Waals surface area contributed by atoms with Crippen LogP contribution < -0.4 is 4.90 Å². The molecule has 0 saturated heterocycles. The zero-order valence-electron chi connectivity index (χ0n) is 13.1. The van der Waals surface area contributed by atoms with Crippen molar-refractivity contribution in [2.45, 2.75) is 39.8 Å². The van der Waals surface area contributed by atoms with E-state index in [1.54, 1.807) is 9.80 Å². The lowest BCUT2D eigenvalue weighted by Crippen LogP contribution is -2.47. The molecule has 5 nitrogen and oxygen atoms in total. The van der Waals surface area contributed by atoms with E-state index in [-0.39, 0.29) is 31.1 Å². The number of carbonyl (C=O) groups excluding carboxylic acids is 1. The van der Waals surface area contributed by atoms with E-state index in [0.717, 1.165) is 5.69 Å². The summed E-state index contributed by atoms with van der Waals surface area (Å²) in [7, 11) is 0. The van der Waals surface area contributed by atoms with Gasteiger partial charge in [0, 0.05) is 17.8 Å². The van der Waals surface area contributed by atoms with Gasteiger partial charge in [-0.05, 0) is 39.8 Å². The normalized spacial score (nSPS) is 11.2. The summed E-state index contributed by atoms with van der Waals surface area (Å²) in [5.41, 5.74) is 0.830. The molecule has 1 N–H and O–H groups in total. The van der Waals surface area contributed by atoms with Gasteiger partial charge in [0.25, 0.3) is 0 Å². The van der Waals surface area contributed by atoms with Gasteiger partial charge in [0.05, 0.1) is 13.1 Å². The molecule has 1 aromatic carbocycles. The summed E-state index contributed by atoms with van der Waals surface area (Å²) in [4.78, 5) is 26.8. The molecule has 5 heteroatoms. The Morgan fingerprint density at radius 2 is 1.57 bits per heavy atom. The number of carboxylic acids is 1. The van der Waals surface area contributed by atoms with Crippen LogP contribution in [-0.2, 0) is 9.59 Å². The maximum absolute atomic E-state index is 12.6. The van der Waals surface area contributed by atoms with Crippen LogP contribution in [0.4, 0.5) is 5.69 Å². The van der Waals surface area contributed by atoms with Gasteiger partial charge in [-0.25, -0.2) is 0 Å². The number of carboxylic acid groups (broad SMARTS) is 1. The highest BCUT2D eigenvalue weighted by atomic mass is 16.4. The zero-order chi connectivity index (χ0) is 16.0. The molecule has 0 fully saturated rings. The third-order valence-corrected chi connectivity index (χ3v) is 3.23. The molecule has 116 valence electrons. The van der Waals surface area contributed by atoms with Gasteiger partial charge in [0.2, 0.25) is 5.91 Å². The van der Waals surface area contributed by atoms with E-state index in [1.165, 1.54) is 0 Å². The third-order valence-electron chi connectivity index (χ3n) is 3.23. The fourth-order valence-corrected chi connectivity index (χ4v) is 2.16. The van der Waals surface area contributed by atoms with Gasteiger partial charge in [-0.3, -0.25) is 14.5 Å². The third kappa shape index (κ3) is 5.19. The molecule has 0 aliphatic rings. The van der Waals surface area contributed by atoms with E-state index in [9.17, 15) is 9.59 Å². The minimum Gasteiger partial charge on any atom is -0.480 e. The van der Waals surface area contributed by atoms with Crippen LogP contribution in [0, 0.1) is 0 Å². The van der Waals surface area contributed by atoms with Crippen molar-refractivity contribution in [2.75, 3.05) is 18.0 Å². The van der Waals surface area contributed by atoms with Crippen molar-refractivity contribution in [1.82, 2.24) is 4.90 Å². The van der Waals surface area contributed by atoms with Gasteiger partial charge in [-0.2, -0.15) is 0 Å². The second kappa shape index (κ2) is 7.78. The van der Waals surface area contributed by atoms with E-state index in [0.29, 0.717) is 0 Å². The highest BCUT2D eigenvalue weighted by Crippen LogP contribution is 2.17. The van der Waals surface area contributed by atoms with E-state index >= 15 is 0 Å². The number of benzene rings is 1. The average molecular weight is 292 g/mol. The summed E-state index contributed by atoms with van der Waals surface area (Å²) in [5.74, 6) is -1.02. The van der Waals surface area contributed by atoms with Gasteiger partial charge in [0.15, 0.2) is 0 Å². The topological polar surface area (TPSA) is 60.9 Å². The van der Waals surface area contributed by atoms with Crippen LogP contribution in [0.3, 0.4) is 0 Å². The molecule has 0 unspecified atom stereocenters. The largest absolute Gasteiger partial charge is 0.480 e. The van der Waals surface area contributed by atoms with Crippen LogP contribution in [-0.4, -0.2) is 47.1 Å². The lowest BCUT2D eigenvalue weighted by molar-refractivity contribution is -0.139. The van der Waals surface area contributed by atoms with Crippen molar-refractivity contribution < 1.29 is 14.7 Å². The van der Waals surface area contributed by atoms with Crippen molar-refractivity contribution >= 4 is 17.6 Å². The molecule has 0 heterocycles. The van der Waals surface area contributed by atoms with Crippen LogP contribution in [0.25, 0.3) is 0 Å². The van der Waals surface area contributed by atoms with Gasteiger partial charge < -0.3 is 10.0 Å². The Bertz CT molecular complexity index is 472. The van der Waals surface area contributed by atoms with Crippen molar-refractivity contribution in [1.29, 1.82) is 0 Å². The molecular weight excluding hydrogens is 268 g/mol. The Kier molecular flexibility index (Phi) is 6.37. The summed E-state index contributed by atoms with van der Waals surface area (Å²) < 4.78 is 0. The number of aliphatic carboxylic acids is 1. The minimum absolute atomic E-state index is 0.00478. The Hall–Kier alpha value is -1.88. The Morgan fingerprint density at radius 3 is 2.00 bits per heavy atom. The van der Waals surface area contributed by atoms with Gasteiger partial charge in [-0.1, -0.05) is 18.2 Å². The fraction of sp³-hybridized carbons (Fsp3) is 0.500. The smallest absolute Gasteiger partial charge is 0.317 e. The zero-order valence-corrected chi connectivity index (χ0v) is 13.1. The van der Waals surface area contributed by atoms with Crippen LogP contribution in [0.2, 0.25) is 0 Å². The standard InChI is InChI=1S/C16H24N2O3/c1-12(2)17(11-16(20)21)10-15(19)18(13(3)4)14-8-6-5-7-9-14/h5-9,12-13H,10-11H2,1-4H3,(H,20,21). The van der Waals surface area contributed by atoms with Crippen LogP contribution in [0.1, 0.15) is 27.7 Å². The minimum atomic E-state index is -0.924. The van der Waals surface area contributed by atoms with Crippen LogP contribution >= 0.6 is 0 Å². The summed E-state index contributed by atoms with van der Waals surface area (Å²) in [5, 5.41) is 8.94. The van der Waals surface area contributed by atoms with E-state index in [2.05, 4.69) is 0 Å². The Morgan fingerprint density at radius 1 is 1.00 bits per heavy atom. The lowest BCUT2D eigenvalue weighted by atomic mass is 10.2. The summed E-state index contributed by atoms with van der Waals surface area (Å²) in [6.07, 6.45) is 0. The first-order valence-corrected chi connectivity index (χ1v) is 7.16. The molecule has 0 saturated carbocycles. The fourth-order valence-electron chi connectivity index (χ4n) is 2.16. The second-order valence-corrected chi connectivity index (χ2v) is 5.59. The monoisotopic (exact) mass is 292 g/mol. The van der Waals surface area contributed by atoms with Gasteiger partial charge in [0.1, 0.15) is 0 Å². The number of hydrogen-bond acceptors (Lipinski definition) is 3. The highest BCUT2D eigenvalue weighted by molar-refractivity contribution is 5.95. The number of amides is 1. The summed E-state index contributed by atoms with van der Waals surface area (Å²) in [6.45, 7) is 7.63. The quantitative estimate of drug-likeness (QED) is 0.837. The molecule has 0 radical (unpaired) electrons. The maximum atomic E-state index is 12.6. The van der Waals surface area contributed by atoms with E-state index in [4.69, 9.17) is 5.11 Å². The summed E-state index contributed by atoms with van der Waals surface area (Å²) >= 11 is 0. The Balaban J connectivity index is 2.89. The number of rotatable bonds is 7. The first-order chi connectivity index (χ1) is 9.82. The van der Waals surface area contributed by atoms with E-state index < -0.39 is 5.97 Å². The first kappa shape index (κ1) is 17.2. The molecule has 1 amide bonds. The number of hydrogen-bond donors (Lipinski definition) is 1. The number of para-hydroxylation sites is 1. The van der Waals surface area contributed by atoms with E-state index in [1.807, 2.05) is 58.0 Å². The number of anilines is 1. The molecule has 0 bridgehead atoms. The molecule has 1 rings (SSSR count). The van der Waals surface area contributed by atoms with Gasteiger partial charge >= 0.3 is 5.97 Å². The molecule has 0 atom stereocenters. The highest BCUT2D eigenvalue weighted by Gasteiger charge is 2.23. The molecule has 21 heavy (non-hydrogen) atoms. The van der Waals surface area contributed by atoms with Gasteiger partial charge in [-0.15, -0.1) is 0 Å². The molecule has 0 aliphatic heterocycles. The van der Waals surface area contributed by atoms with Crippen molar-refractivity contribution in [3.05, 3.63) is 30.3 Å². The molecule has 0 aromatic heterocycles. The average Bonchev–Trinajstić information content (AvgIpc) is 2.38. The van der Waals surface area contributed by atoms with Crippen LogP contribution in [0.15, 0.2) is 30.3 Å². The van der Waals surface area contributed by atoms with Crippen LogP contribution in [0.5, 0.6) is 0 Å². The van der Waals surface area contributed by atoms with Crippen molar-refractivity contribution in [3.8, 4) is 0 Å². The van der Waals surface area contributed by atoms with Crippen molar-refractivity contribution in [2.24, 2.45) is 0 Å². The summed E-state index contributed by atoms with van der Waals surface area (Å²) in [6, 6.07) is 9.44. The molecule has 0 spiro atoms. The number of carbonyl (C=O) groups is 2. The molecular formula is C16H24N2O3. The second-order valence-electron chi connectivity index (χ2n) is 5.59. The predicted molar refractivity (Wildman–Crippen MR) is 83.4 cm³/mol. The predicted octanol–water partition coefficient (Wildman–Crippen LogP) is 2.22. The Labute approximate surface area is 126 Å². The van der Waals surface area contributed by atoms with Crippen molar-refractivity contribution in [3.63, 3.8) is 0 Å². The molecule has 1 aromatic rings.